The first-order valence-corrected chi connectivity index (χ1v) is 13.3. The molecular weight excluding hydrogens is 486 g/mol. The Kier molecular flexibility index (Phi) is 7.61. The summed E-state index contributed by atoms with van der Waals surface area (Å²) in [6.07, 6.45) is 1.92. The summed E-state index contributed by atoms with van der Waals surface area (Å²) in [6, 6.07) is 14.9. The number of anilines is 3. The van der Waals surface area contributed by atoms with Crippen molar-refractivity contribution in [2.75, 3.05) is 36.5 Å². The normalized spacial score (nSPS) is 14.7. The summed E-state index contributed by atoms with van der Waals surface area (Å²) in [4.78, 5) is 11.4. The third-order valence-electron chi connectivity index (χ3n) is 5.34. The third-order valence-corrected chi connectivity index (χ3v) is 7.41. The zero-order valence-electron chi connectivity index (χ0n) is 20.1. The molecular formula is C25H30ClN5O3S. The van der Waals surface area contributed by atoms with Gasteiger partial charge in [0.25, 0.3) is 0 Å². The van der Waals surface area contributed by atoms with Gasteiger partial charge in [0, 0.05) is 36.4 Å². The molecule has 1 saturated heterocycles. The van der Waals surface area contributed by atoms with Crippen molar-refractivity contribution >= 4 is 38.9 Å². The van der Waals surface area contributed by atoms with Crippen molar-refractivity contribution in [2.24, 2.45) is 0 Å². The van der Waals surface area contributed by atoms with Crippen LogP contribution in [0.4, 0.5) is 17.3 Å². The maximum absolute atomic E-state index is 12.7. The van der Waals surface area contributed by atoms with Crippen molar-refractivity contribution in [3.63, 3.8) is 0 Å². The zero-order chi connectivity index (χ0) is 25.1. The van der Waals surface area contributed by atoms with Crippen LogP contribution in [0.5, 0.6) is 0 Å². The number of sulfonamides is 1. The van der Waals surface area contributed by atoms with E-state index < -0.39 is 15.6 Å². The Labute approximate surface area is 211 Å². The van der Waals surface area contributed by atoms with Gasteiger partial charge in [0.15, 0.2) is 0 Å². The Balaban J connectivity index is 1.48. The molecule has 2 N–H and O–H groups in total. The Morgan fingerprint density at radius 2 is 1.80 bits per heavy atom. The molecule has 8 nitrogen and oxygen atoms in total. The predicted octanol–water partition coefficient (Wildman–Crippen LogP) is 4.38. The smallest absolute Gasteiger partial charge is 0.241 e. The molecule has 1 aliphatic rings. The molecule has 3 aromatic rings. The quantitative estimate of drug-likeness (QED) is 0.482. The Hall–Kier alpha value is -2.72. The highest BCUT2D eigenvalue weighted by Gasteiger charge is 2.22. The van der Waals surface area contributed by atoms with Gasteiger partial charge in [-0.3, -0.25) is 0 Å². The van der Waals surface area contributed by atoms with Crippen molar-refractivity contribution in [3.05, 3.63) is 71.0 Å². The van der Waals surface area contributed by atoms with E-state index in [9.17, 15) is 8.42 Å². The van der Waals surface area contributed by atoms with Crippen LogP contribution in [0, 0.1) is 0 Å². The molecule has 0 spiro atoms. The number of nitrogens with one attached hydrogen (secondary N) is 2. The fraction of sp³-hybridized carbons (Fsp3) is 0.360. The van der Waals surface area contributed by atoms with Crippen LogP contribution in [-0.4, -0.2) is 50.2 Å². The van der Waals surface area contributed by atoms with Crippen LogP contribution in [0.1, 0.15) is 32.0 Å². The van der Waals surface area contributed by atoms with E-state index in [2.05, 4.69) is 37.0 Å². The van der Waals surface area contributed by atoms with E-state index in [1.165, 1.54) is 0 Å². The topological polar surface area (TPSA) is 96.5 Å². The summed E-state index contributed by atoms with van der Waals surface area (Å²) in [5.41, 5.74) is 2.81. The van der Waals surface area contributed by atoms with Crippen molar-refractivity contribution in [2.45, 2.75) is 37.6 Å². The number of halogens is 1. The molecule has 4 rings (SSSR count). The van der Waals surface area contributed by atoms with Gasteiger partial charge in [-0.15, -0.1) is 0 Å². The van der Waals surface area contributed by atoms with Crippen molar-refractivity contribution in [1.82, 2.24) is 14.7 Å². The fourth-order valence-corrected chi connectivity index (χ4v) is 5.42. The highest BCUT2D eigenvalue weighted by atomic mass is 35.5. The highest BCUT2D eigenvalue weighted by molar-refractivity contribution is 7.89. The molecule has 0 unspecified atom stereocenters. The zero-order valence-corrected chi connectivity index (χ0v) is 21.7. The van der Waals surface area contributed by atoms with Crippen molar-refractivity contribution in [1.29, 1.82) is 0 Å². The molecule has 35 heavy (non-hydrogen) atoms. The van der Waals surface area contributed by atoms with Gasteiger partial charge in [-0.25, -0.2) is 23.1 Å². The average Bonchev–Trinajstić information content (AvgIpc) is 2.81. The van der Waals surface area contributed by atoms with Crippen LogP contribution in [0.15, 0.2) is 59.6 Å². The molecule has 0 radical (unpaired) electrons. The maximum atomic E-state index is 12.7. The van der Waals surface area contributed by atoms with Crippen LogP contribution < -0.4 is 14.9 Å². The van der Waals surface area contributed by atoms with Crippen molar-refractivity contribution in [3.8, 4) is 0 Å². The lowest BCUT2D eigenvalue weighted by atomic mass is 10.1. The number of hydrogen-bond donors (Lipinski definition) is 2. The van der Waals surface area contributed by atoms with E-state index in [0.717, 1.165) is 43.2 Å². The molecule has 0 saturated carbocycles. The lowest BCUT2D eigenvalue weighted by Crippen LogP contribution is -2.40. The van der Waals surface area contributed by atoms with E-state index in [-0.39, 0.29) is 4.90 Å². The van der Waals surface area contributed by atoms with Gasteiger partial charge in [0.05, 0.1) is 35.0 Å². The number of benzene rings is 2. The fourth-order valence-electron chi connectivity index (χ4n) is 3.77. The lowest BCUT2D eigenvalue weighted by molar-refractivity contribution is 0.122. The number of aromatic nitrogens is 2. The first-order valence-electron chi connectivity index (χ1n) is 11.4. The number of ether oxygens (including phenoxy) is 1. The second-order valence-corrected chi connectivity index (χ2v) is 11.5. The molecule has 2 aromatic carbocycles. The van der Waals surface area contributed by atoms with Gasteiger partial charge < -0.3 is 15.0 Å². The Morgan fingerprint density at radius 1 is 1.09 bits per heavy atom. The summed E-state index contributed by atoms with van der Waals surface area (Å²) in [6.45, 7) is 8.66. The Bertz CT molecular complexity index is 1270. The molecule has 1 fully saturated rings. The summed E-state index contributed by atoms with van der Waals surface area (Å²) < 4.78 is 33.5. The van der Waals surface area contributed by atoms with Gasteiger partial charge in [0.2, 0.25) is 16.0 Å². The van der Waals surface area contributed by atoms with Crippen LogP contribution in [0.25, 0.3) is 0 Å². The van der Waals surface area contributed by atoms with Gasteiger partial charge in [0.1, 0.15) is 0 Å². The van der Waals surface area contributed by atoms with Gasteiger partial charge in [-0.05, 0) is 62.7 Å². The van der Waals surface area contributed by atoms with E-state index in [1.54, 1.807) is 45.2 Å². The second kappa shape index (κ2) is 10.5. The molecule has 0 bridgehead atoms. The summed E-state index contributed by atoms with van der Waals surface area (Å²) in [5, 5.41) is 3.63. The second-order valence-electron chi connectivity index (χ2n) is 9.44. The minimum Gasteiger partial charge on any atom is -0.378 e. The van der Waals surface area contributed by atoms with E-state index in [0.29, 0.717) is 23.1 Å². The predicted molar refractivity (Wildman–Crippen MR) is 139 cm³/mol. The summed E-state index contributed by atoms with van der Waals surface area (Å²) in [7, 11) is -3.64. The first kappa shape index (κ1) is 25.4. The SMILES string of the molecule is CC(C)(C)NS(=O)(=O)c1cccc(Cc2nc(Nc3ccc(N4CCOCC4)cc3)ncc2Cl)c1. The van der Waals surface area contributed by atoms with Gasteiger partial charge in [-0.2, -0.15) is 0 Å². The van der Waals surface area contributed by atoms with Crippen molar-refractivity contribution < 1.29 is 13.2 Å². The molecule has 0 amide bonds. The summed E-state index contributed by atoms with van der Waals surface area (Å²) in [5.74, 6) is 0.418. The monoisotopic (exact) mass is 515 g/mol. The molecule has 0 aliphatic carbocycles. The van der Waals surface area contributed by atoms with Crippen LogP contribution >= 0.6 is 11.6 Å². The molecule has 186 valence electrons. The molecule has 1 aliphatic heterocycles. The largest absolute Gasteiger partial charge is 0.378 e. The average molecular weight is 516 g/mol. The van der Waals surface area contributed by atoms with E-state index in [1.807, 2.05) is 18.2 Å². The molecule has 1 aromatic heterocycles. The third kappa shape index (κ3) is 6.91. The Morgan fingerprint density at radius 3 is 2.49 bits per heavy atom. The van der Waals surface area contributed by atoms with Gasteiger partial charge >= 0.3 is 0 Å². The van der Waals surface area contributed by atoms with Gasteiger partial charge in [-0.1, -0.05) is 23.7 Å². The minimum absolute atomic E-state index is 0.203. The maximum Gasteiger partial charge on any atom is 0.241 e. The molecule has 2 heterocycles. The molecule has 0 atom stereocenters. The van der Waals surface area contributed by atoms with E-state index in [4.69, 9.17) is 16.3 Å². The van der Waals surface area contributed by atoms with Crippen LogP contribution in [0.2, 0.25) is 5.02 Å². The number of morpholine rings is 1. The lowest BCUT2D eigenvalue weighted by Gasteiger charge is -2.28. The van der Waals surface area contributed by atoms with E-state index >= 15 is 0 Å². The highest BCUT2D eigenvalue weighted by Crippen LogP contribution is 2.24. The first-order chi connectivity index (χ1) is 16.6. The van der Waals surface area contributed by atoms with Crippen LogP contribution in [-0.2, 0) is 21.2 Å². The number of hydrogen-bond acceptors (Lipinski definition) is 7. The molecule has 10 heteroatoms. The number of rotatable bonds is 7. The standard InChI is InChI=1S/C25H30ClN5O3S/c1-25(2,3)30-35(32,33)21-6-4-5-18(15-21)16-23-22(26)17-27-24(29-23)28-19-7-9-20(10-8-19)31-11-13-34-14-12-31/h4-10,15,17,30H,11-14,16H2,1-3H3,(H,27,28,29). The number of nitrogens with zero attached hydrogens (tertiary/aromatic N) is 3. The minimum atomic E-state index is -3.64. The summed E-state index contributed by atoms with van der Waals surface area (Å²) >= 11 is 6.37. The van der Waals surface area contributed by atoms with Crippen LogP contribution in [0.3, 0.4) is 0 Å².